The zero-order valence-corrected chi connectivity index (χ0v) is 17.2. The molecule has 0 atom stereocenters. The number of para-hydroxylation sites is 1. The average Bonchev–Trinajstić information content (AvgIpc) is 3.33. The standard InChI is InChI=1S/C24H18ClN3O2/c1-15-6-5-7-16(12-15)22-23(30-14-26-22)17-10-11-20-21(13-17)27(2)24(29)28(20)19-9-4-3-8-18(19)25/h3-14H,1-2H3. The quantitative estimate of drug-likeness (QED) is 0.384. The summed E-state index contributed by atoms with van der Waals surface area (Å²) in [6, 6.07) is 21.3. The van der Waals surface area contributed by atoms with E-state index >= 15 is 0 Å². The number of hydrogen-bond donors (Lipinski definition) is 0. The summed E-state index contributed by atoms with van der Waals surface area (Å²) in [5.41, 5.74) is 5.81. The number of nitrogens with zero attached hydrogens (tertiary/aromatic N) is 3. The highest BCUT2D eigenvalue weighted by molar-refractivity contribution is 6.32. The summed E-state index contributed by atoms with van der Waals surface area (Å²) >= 11 is 6.36. The highest BCUT2D eigenvalue weighted by atomic mass is 35.5. The van der Waals surface area contributed by atoms with Crippen molar-refractivity contribution < 1.29 is 4.42 Å². The van der Waals surface area contributed by atoms with E-state index in [0.717, 1.165) is 33.4 Å². The number of oxazole rings is 1. The van der Waals surface area contributed by atoms with Gasteiger partial charge in [-0.15, -0.1) is 0 Å². The van der Waals surface area contributed by atoms with Crippen LogP contribution in [0.1, 0.15) is 5.56 Å². The average molecular weight is 416 g/mol. The van der Waals surface area contributed by atoms with Crippen molar-refractivity contribution in [3.8, 4) is 28.3 Å². The van der Waals surface area contributed by atoms with Crippen molar-refractivity contribution in [1.82, 2.24) is 14.1 Å². The Morgan fingerprint density at radius 1 is 0.933 bits per heavy atom. The van der Waals surface area contributed by atoms with E-state index in [9.17, 15) is 4.79 Å². The lowest BCUT2D eigenvalue weighted by molar-refractivity contribution is 0.572. The van der Waals surface area contributed by atoms with E-state index in [2.05, 4.69) is 11.1 Å². The number of rotatable bonds is 3. The minimum Gasteiger partial charge on any atom is -0.443 e. The second kappa shape index (κ2) is 7.04. The highest BCUT2D eigenvalue weighted by Gasteiger charge is 2.18. The Labute approximate surface area is 177 Å². The zero-order valence-electron chi connectivity index (χ0n) is 16.5. The van der Waals surface area contributed by atoms with E-state index < -0.39 is 0 Å². The van der Waals surface area contributed by atoms with Crippen LogP contribution in [0.15, 0.2) is 82.3 Å². The van der Waals surface area contributed by atoms with Crippen molar-refractivity contribution in [3.05, 3.63) is 94.2 Å². The minimum atomic E-state index is -0.160. The molecular formula is C24H18ClN3O2. The smallest absolute Gasteiger partial charge is 0.333 e. The Morgan fingerprint density at radius 2 is 1.77 bits per heavy atom. The summed E-state index contributed by atoms with van der Waals surface area (Å²) in [7, 11) is 1.75. The Balaban J connectivity index is 1.70. The van der Waals surface area contributed by atoms with Gasteiger partial charge in [-0.05, 0) is 43.3 Å². The fourth-order valence-corrected chi connectivity index (χ4v) is 4.01. The zero-order chi connectivity index (χ0) is 20.8. The van der Waals surface area contributed by atoms with E-state index in [1.54, 1.807) is 22.2 Å². The van der Waals surface area contributed by atoms with Gasteiger partial charge in [0.05, 0.1) is 21.7 Å². The number of aromatic nitrogens is 3. The molecule has 0 saturated heterocycles. The number of benzene rings is 3. The third-order valence-electron chi connectivity index (χ3n) is 5.27. The molecular weight excluding hydrogens is 398 g/mol. The third-order valence-corrected chi connectivity index (χ3v) is 5.59. The molecule has 0 aliphatic carbocycles. The summed E-state index contributed by atoms with van der Waals surface area (Å²) in [4.78, 5) is 17.4. The summed E-state index contributed by atoms with van der Waals surface area (Å²) in [6.07, 6.45) is 1.45. The molecule has 3 aromatic carbocycles. The lowest BCUT2D eigenvalue weighted by atomic mass is 10.0. The summed E-state index contributed by atoms with van der Waals surface area (Å²) in [6.45, 7) is 2.04. The second-order valence-electron chi connectivity index (χ2n) is 7.23. The molecule has 0 N–H and O–H groups in total. The first kappa shape index (κ1) is 18.5. The number of aryl methyl sites for hydroxylation is 2. The lowest BCUT2D eigenvalue weighted by Crippen LogP contribution is -2.21. The van der Waals surface area contributed by atoms with Crippen LogP contribution in [0.3, 0.4) is 0 Å². The highest BCUT2D eigenvalue weighted by Crippen LogP contribution is 2.33. The van der Waals surface area contributed by atoms with Gasteiger partial charge in [0.25, 0.3) is 0 Å². The Kier molecular flexibility index (Phi) is 4.33. The SMILES string of the molecule is Cc1cccc(-c2ncoc2-c2ccc3c(c2)n(C)c(=O)n3-c2ccccc2Cl)c1. The first-order chi connectivity index (χ1) is 14.5. The molecule has 6 heteroatoms. The number of fused-ring (bicyclic) bond motifs is 1. The maximum absolute atomic E-state index is 13.0. The van der Waals surface area contributed by atoms with Gasteiger partial charge in [0, 0.05) is 18.2 Å². The Morgan fingerprint density at radius 3 is 2.57 bits per heavy atom. The molecule has 30 heavy (non-hydrogen) atoms. The predicted molar refractivity (Wildman–Crippen MR) is 119 cm³/mol. The molecule has 0 aliphatic rings. The molecule has 0 amide bonds. The van der Waals surface area contributed by atoms with Crippen LogP contribution in [-0.2, 0) is 7.05 Å². The molecule has 2 aromatic heterocycles. The maximum atomic E-state index is 13.0. The van der Waals surface area contributed by atoms with Gasteiger partial charge >= 0.3 is 5.69 Å². The fraction of sp³-hybridized carbons (Fsp3) is 0.0833. The van der Waals surface area contributed by atoms with Crippen molar-refractivity contribution in [3.63, 3.8) is 0 Å². The van der Waals surface area contributed by atoms with Crippen molar-refractivity contribution in [2.45, 2.75) is 6.92 Å². The van der Waals surface area contributed by atoms with Gasteiger partial charge in [0.15, 0.2) is 12.2 Å². The summed E-state index contributed by atoms with van der Waals surface area (Å²) in [5, 5.41) is 0.521. The van der Waals surface area contributed by atoms with Crippen LogP contribution in [0, 0.1) is 6.92 Å². The first-order valence-electron chi connectivity index (χ1n) is 9.52. The van der Waals surface area contributed by atoms with Crippen LogP contribution in [0.4, 0.5) is 0 Å². The molecule has 148 valence electrons. The lowest BCUT2D eigenvalue weighted by Gasteiger charge is -2.06. The topological polar surface area (TPSA) is 53.0 Å². The summed E-state index contributed by atoms with van der Waals surface area (Å²) < 4.78 is 8.99. The fourth-order valence-electron chi connectivity index (χ4n) is 3.79. The molecule has 5 nitrogen and oxygen atoms in total. The van der Waals surface area contributed by atoms with E-state index in [1.807, 2.05) is 61.5 Å². The van der Waals surface area contributed by atoms with Crippen molar-refractivity contribution >= 4 is 22.6 Å². The van der Waals surface area contributed by atoms with Gasteiger partial charge < -0.3 is 4.42 Å². The Bertz CT molecular complexity index is 1460. The van der Waals surface area contributed by atoms with E-state index in [-0.39, 0.29) is 5.69 Å². The molecule has 0 saturated carbocycles. The number of imidazole rings is 1. The molecule has 0 aliphatic heterocycles. The molecule has 2 heterocycles. The van der Waals surface area contributed by atoms with Crippen molar-refractivity contribution in [2.75, 3.05) is 0 Å². The van der Waals surface area contributed by atoms with Crippen molar-refractivity contribution in [1.29, 1.82) is 0 Å². The molecule has 0 bridgehead atoms. The van der Waals surface area contributed by atoms with Crippen LogP contribution < -0.4 is 5.69 Å². The van der Waals surface area contributed by atoms with Crippen LogP contribution >= 0.6 is 11.6 Å². The monoisotopic (exact) mass is 415 g/mol. The van der Waals surface area contributed by atoms with Crippen LogP contribution in [0.2, 0.25) is 5.02 Å². The molecule has 0 radical (unpaired) electrons. The molecule has 0 unspecified atom stereocenters. The van der Waals surface area contributed by atoms with E-state index in [1.165, 1.54) is 6.39 Å². The van der Waals surface area contributed by atoms with Gasteiger partial charge in [-0.2, -0.15) is 0 Å². The van der Waals surface area contributed by atoms with Gasteiger partial charge in [-0.3, -0.25) is 9.13 Å². The predicted octanol–water partition coefficient (Wildman–Crippen LogP) is 5.61. The molecule has 0 spiro atoms. The van der Waals surface area contributed by atoms with E-state index in [4.69, 9.17) is 16.0 Å². The molecule has 0 fully saturated rings. The summed E-state index contributed by atoms with van der Waals surface area (Å²) in [5.74, 6) is 0.667. The maximum Gasteiger partial charge on any atom is 0.333 e. The Hall–Kier alpha value is -3.57. The van der Waals surface area contributed by atoms with E-state index in [0.29, 0.717) is 16.5 Å². The first-order valence-corrected chi connectivity index (χ1v) is 9.89. The van der Waals surface area contributed by atoms with Gasteiger partial charge in [-0.1, -0.05) is 47.5 Å². The number of hydrogen-bond acceptors (Lipinski definition) is 3. The van der Waals surface area contributed by atoms with Crippen LogP contribution in [0.25, 0.3) is 39.3 Å². The molecule has 5 aromatic rings. The number of halogens is 1. The minimum absolute atomic E-state index is 0.160. The molecule has 5 rings (SSSR count). The van der Waals surface area contributed by atoms with Crippen LogP contribution in [0.5, 0.6) is 0 Å². The normalized spacial score (nSPS) is 11.3. The van der Waals surface area contributed by atoms with Crippen molar-refractivity contribution in [2.24, 2.45) is 7.05 Å². The third kappa shape index (κ3) is 2.86. The second-order valence-corrected chi connectivity index (χ2v) is 7.64. The van der Waals surface area contributed by atoms with Crippen LogP contribution in [-0.4, -0.2) is 14.1 Å². The largest absolute Gasteiger partial charge is 0.443 e. The van der Waals surface area contributed by atoms with Gasteiger partial charge in [0.1, 0.15) is 5.69 Å². The van der Waals surface area contributed by atoms with Gasteiger partial charge in [-0.25, -0.2) is 9.78 Å². The van der Waals surface area contributed by atoms with Gasteiger partial charge in [0.2, 0.25) is 0 Å².